The summed E-state index contributed by atoms with van der Waals surface area (Å²) in [5.74, 6) is -1.08. The molecule has 0 atom stereocenters. The van der Waals surface area contributed by atoms with Crippen molar-refractivity contribution in [3.8, 4) is 0 Å². The lowest BCUT2D eigenvalue weighted by Crippen LogP contribution is -2.33. The fourth-order valence-corrected chi connectivity index (χ4v) is 2.13. The van der Waals surface area contributed by atoms with Gasteiger partial charge in [0.15, 0.2) is 5.16 Å². The lowest BCUT2D eigenvalue weighted by Gasteiger charge is -2.11. The Kier molecular flexibility index (Phi) is 5.21. The molecule has 6 nitrogen and oxygen atoms in total. The maximum atomic E-state index is 11.7. The van der Waals surface area contributed by atoms with Crippen molar-refractivity contribution >= 4 is 23.6 Å². The van der Waals surface area contributed by atoms with Crippen LogP contribution in [0.3, 0.4) is 0 Å². The minimum Gasteiger partial charge on any atom is -0.481 e. The van der Waals surface area contributed by atoms with Crippen molar-refractivity contribution in [2.75, 3.05) is 5.75 Å². The molecular weight excluding hydrogens is 254 g/mol. The molecule has 0 unspecified atom stereocenters. The van der Waals surface area contributed by atoms with E-state index in [1.54, 1.807) is 10.8 Å². The van der Waals surface area contributed by atoms with E-state index in [-0.39, 0.29) is 24.2 Å². The zero-order valence-electron chi connectivity index (χ0n) is 10.6. The van der Waals surface area contributed by atoms with E-state index in [4.69, 9.17) is 5.11 Å². The van der Waals surface area contributed by atoms with Gasteiger partial charge < -0.3 is 15.0 Å². The Morgan fingerprint density at radius 1 is 1.56 bits per heavy atom. The van der Waals surface area contributed by atoms with Crippen LogP contribution in [0.5, 0.6) is 0 Å². The number of aromatic nitrogens is 2. The Balaban J connectivity index is 2.71. The standard InChI is InChI=1S/C11H17N3O3S/c1-7(2)13-9(15)5-14-8(3)4-12-11(14)18-6-10(16)17/h4,7H,5-6H2,1-3H3,(H,13,15)(H,16,17). The van der Waals surface area contributed by atoms with Crippen molar-refractivity contribution in [3.05, 3.63) is 11.9 Å². The Hall–Kier alpha value is -1.50. The second-order valence-electron chi connectivity index (χ2n) is 4.17. The summed E-state index contributed by atoms with van der Waals surface area (Å²) in [6.07, 6.45) is 1.63. The molecular formula is C11H17N3O3S. The number of nitrogens with zero attached hydrogens (tertiary/aromatic N) is 2. The smallest absolute Gasteiger partial charge is 0.313 e. The average Bonchev–Trinajstić information content (AvgIpc) is 2.56. The van der Waals surface area contributed by atoms with Crippen molar-refractivity contribution in [1.82, 2.24) is 14.9 Å². The number of aryl methyl sites for hydroxylation is 1. The minimum absolute atomic E-state index is 0.0672. The number of aliphatic carboxylic acids is 1. The van der Waals surface area contributed by atoms with Gasteiger partial charge in [0.1, 0.15) is 6.54 Å². The molecule has 0 bridgehead atoms. The van der Waals surface area contributed by atoms with Crippen molar-refractivity contribution in [2.24, 2.45) is 0 Å². The number of thioether (sulfide) groups is 1. The zero-order chi connectivity index (χ0) is 13.7. The number of carboxylic acid groups (broad SMARTS) is 1. The van der Waals surface area contributed by atoms with Gasteiger partial charge in [-0.2, -0.15) is 0 Å². The van der Waals surface area contributed by atoms with Gasteiger partial charge in [-0.15, -0.1) is 0 Å². The van der Waals surface area contributed by atoms with Crippen LogP contribution in [0, 0.1) is 6.92 Å². The summed E-state index contributed by atoms with van der Waals surface area (Å²) < 4.78 is 1.71. The Morgan fingerprint density at radius 3 is 2.78 bits per heavy atom. The van der Waals surface area contributed by atoms with Crippen LogP contribution in [-0.4, -0.2) is 38.3 Å². The number of carboxylic acids is 1. The number of hydrogen-bond acceptors (Lipinski definition) is 4. The van der Waals surface area contributed by atoms with Gasteiger partial charge in [-0.25, -0.2) is 4.98 Å². The van der Waals surface area contributed by atoms with E-state index in [9.17, 15) is 9.59 Å². The SMILES string of the molecule is Cc1cnc(SCC(=O)O)n1CC(=O)NC(C)C. The molecule has 0 aliphatic heterocycles. The van der Waals surface area contributed by atoms with Crippen LogP contribution in [0.2, 0.25) is 0 Å². The molecule has 1 amide bonds. The Labute approximate surface area is 110 Å². The first kappa shape index (κ1) is 14.6. The predicted molar refractivity (Wildman–Crippen MR) is 68.6 cm³/mol. The molecule has 1 heterocycles. The minimum atomic E-state index is -0.904. The van der Waals surface area contributed by atoms with Gasteiger partial charge in [0.25, 0.3) is 0 Å². The monoisotopic (exact) mass is 271 g/mol. The van der Waals surface area contributed by atoms with Crippen molar-refractivity contribution in [1.29, 1.82) is 0 Å². The molecule has 0 aromatic carbocycles. The molecule has 0 spiro atoms. The third kappa shape index (κ3) is 4.40. The maximum Gasteiger partial charge on any atom is 0.313 e. The highest BCUT2D eigenvalue weighted by Crippen LogP contribution is 2.17. The first-order valence-electron chi connectivity index (χ1n) is 5.56. The molecule has 0 saturated heterocycles. The molecule has 0 fully saturated rings. The summed E-state index contributed by atoms with van der Waals surface area (Å²) in [5, 5.41) is 12.0. The van der Waals surface area contributed by atoms with E-state index in [1.165, 1.54) is 0 Å². The summed E-state index contributed by atoms with van der Waals surface area (Å²) in [6, 6.07) is 0.0800. The second kappa shape index (κ2) is 6.44. The van der Waals surface area contributed by atoms with Crippen molar-refractivity contribution < 1.29 is 14.7 Å². The number of amides is 1. The number of hydrogen-bond donors (Lipinski definition) is 2. The molecule has 0 saturated carbocycles. The highest BCUT2D eigenvalue weighted by atomic mass is 32.2. The number of imidazole rings is 1. The number of carbonyl (C=O) groups is 2. The van der Waals surface area contributed by atoms with Crippen LogP contribution in [0.25, 0.3) is 0 Å². The summed E-state index contributed by atoms with van der Waals surface area (Å²) >= 11 is 1.11. The molecule has 0 aliphatic rings. The summed E-state index contributed by atoms with van der Waals surface area (Å²) in [5.41, 5.74) is 0.835. The highest BCUT2D eigenvalue weighted by molar-refractivity contribution is 7.99. The Morgan fingerprint density at radius 2 is 2.22 bits per heavy atom. The molecule has 1 aromatic heterocycles. The van der Waals surface area contributed by atoms with E-state index >= 15 is 0 Å². The number of carbonyl (C=O) groups excluding carboxylic acids is 1. The van der Waals surface area contributed by atoms with Crippen LogP contribution < -0.4 is 5.32 Å². The molecule has 7 heteroatoms. The molecule has 18 heavy (non-hydrogen) atoms. The van der Waals surface area contributed by atoms with Gasteiger partial charge >= 0.3 is 5.97 Å². The van der Waals surface area contributed by atoms with Gasteiger partial charge in [0.2, 0.25) is 5.91 Å². The quantitative estimate of drug-likeness (QED) is 0.751. The van der Waals surface area contributed by atoms with Crippen molar-refractivity contribution in [2.45, 2.75) is 38.5 Å². The largest absolute Gasteiger partial charge is 0.481 e. The summed E-state index contributed by atoms with van der Waals surface area (Å²) in [4.78, 5) is 26.3. The van der Waals surface area contributed by atoms with E-state index in [0.717, 1.165) is 17.5 Å². The predicted octanol–water partition coefficient (Wildman–Crippen LogP) is 0.893. The molecule has 1 aromatic rings. The van der Waals surface area contributed by atoms with Crippen LogP contribution in [0.15, 0.2) is 11.4 Å². The van der Waals surface area contributed by atoms with E-state index in [2.05, 4.69) is 10.3 Å². The zero-order valence-corrected chi connectivity index (χ0v) is 11.5. The lowest BCUT2D eigenvalue weighted by atomic mass is 10.4. The lowest BCUT2D eigenvalue weighted by molar-refractivity contribution is -0.133. The molecule has 0 radical (unpaired) electrons. The molecule has 0 aliphatic carbocycles. The Bertz CT molecular complexity index is 443. The molecule has 1 rings (SSSR count). The summed E-state index contributed by atoms with van der Waals surface area (Å²) in [7, 11) is 0. The second-order valence-corrected chi connectivity index (χ2v) is 5.12. The normalized spacial score (nSPS) is 10.7. The van der Waals surface area contributed by atoms with E-state index in [1.807, 2.05) is 20.8 Å². The van der Waals surface area contributed by atoms with Crippen LogP contribution in [0.4, 0.5) is 0 Å². The number of rotatable bonds is 6. The summed E-state index contributed by atoms with van der Waals surface area (Å²) in [6.45, 7) is 5.77. The van der Waals surface area contributed by atoms with Crippen molar-refractivity contribution in [3.63, 3.8) is 0 Å². The van der Waals surface area contributed by atoms with E-state index in [0.29, 0.717) is 5.16 Å². The van der Waals surface area contributed by atoms with E-state index < -0.39 is 5.97 Å². The van der Waals surface area contributed by atoms with Gasteiger partial charge in [0.05, 0.1) is 5.75 Å². The molecule has 2 N–H and O–H groups in total. The molecule has 100 valence electrons. The van der Waals surface area contributed by atoms with Crippen LogP contribution >= 0.6 is 11.8 Å². The maximum absolute atomic E-state index is 11.7. The topological polar surface area (TPSA) is 84.2 Å². The van der Waals surface area contributed by atoms with Crippen LogP contribution in [-0.2, 0) is 16.1 Å². The third-order valence-electron chi connectivity index (χ3n) is 2.09. The van der Waals surface area contributed by atoms with Gasteiger partial charge in [-0.1, -0.05) is 11.8 Å². The van der Waals surface area contributed by atoms with Gasteiger partial charge in [0, 0.05) is 17.9 Å². The first-order chi connectivity index (χ1) is 8.40. The number of nitrogens with one attached hydrogen (secondary N) is 1. The van der Waals surface area contributed by atoms with Gasteiger partial charge in [-0.05, 0) is 20.8 Å². The average molecular weight is 271 g/mol. The first-order valence-corrected chi connectivity index (χ1v) is 6.54. The third-order valence-corrected chi connectivity index (χ3v) is 3.07. The van der Waals surface area contributed by atoms with Gasteiger partial charge in [-0.3, -0.25) is 9.59 Å². The fraction of sp³-hybridized carbons (Fsp3) is 0.545. The van der Waals surface area contributed by atoms with Crippen LogP contribution in [0.1, 0.15) is 19.5 Å². The fourth-order valence-electron chi connectivity index (χ4n) is 1.38. The highest BCUT2D eigenvalue weighted by Gasteiger charge is 2.13.